The lowest BCUT2D eigenvalue weighted by atomic mass is 9.79. The van der Waals surface area contributed by atoms with E-state index >= 15 is 0 Å². The summed E-state index contributed by atoms with van der Waals surface area (Å²) in [5.41, 5.74) is 3.46. The van der Waals surface area contributed by atoms with Gasteiger partial charge in [0.1, 0.15) is 17.6 Å². The minimum absolute atomic E-state index is 0.0832. The van der Waals surface area contributed by atoms with E-state index in [2.05, 4.69) is 32.0 Å². The van der Waals surface area contributed by atoms with E-state index < -0.39 is 6.04 Å². The van der Waals surface area contributed by atoms with Crippen LogP contribution in [0.5, 0.6) is 0 Å². The van der Waals surface area contributed by atoms with Gasteiger partial charge >= 0.3 is 0 Å². The number of carbonyl (C=O) groups is 2. The maximum atomic E-state index is 13.3. The molecule has 1 aliphatic carbocycles. The molecule has 0 bridgehead atoms. The van der Waals surface area contributed by atoms with Gasteiger partial charge in [-0.25, -0.2) is 4.98 Å². The van der Waals surface area contributed by atoms with Crippen molar-refractivity contribution in [3.8, 4) is 11.1 Å². The van der Waals surface area contributed by atoms with E-state index in [1.54, 1.807) is 31.6 Å². The molecule has 2 N–H and O–H groups in total. The highest BCUT2D eigenvalue weighted by atomic mass is 32.1. The summed E-state index contributed by atoms with van der Waals surface area (Å²) in [4.78, 5) is 31.8. The smallest absolute Gasteiger partial charge is 0.270 e. The first-order valence-corrected chi connectivity index (χ1v) is 12.1. The van der Waals surface area contributed by atoms with Crippen molar-refractivity contribution in [1.29, 1.82) is 0 Å². The van der Waals surface area contributed by atoms with Crippen molar-refractivity contribution >= 4 is 29.2 Å². The Morgan fingerprint density at radius 1 is 1.15 bits per heavy atom. The summed E-state index contributed by atoms with van der Waals surface area (Å²) < 4.78 is 5.91. The number of pyridine rings is 1. The van der Waals surface area contributed by atoms with Crippen LogP contribution >= 0.6 is 11.5 Å². The summed E-state index contributed by atoms with van der Waals surface area (Å²) in [6, 6.07) is 4.76. The van der Waals surface area contributed by atoms with Gasteiger partial charge < -0.3 is 10.6 Å². The lowest BCUT2D eigenvalue weighted by molar-refractivity contribution is -0.119. The number of hydrogen-bond donors (Lipinski definition) is 2. The molecule has 0 unspecified atom stereocenters. The monoisotopic (exact) mass is 466 g/mol. The highest BCUT2D eigenvalue weighted by Gasteiger charge is 2.33. The van der Waals surface area contributed by atoms with Crippen LogP contribution in [0.1, 0.15) is 53.7 Å². The molecule has 1 atom stereocenters. The van der Waals surface area contributed by atoms with Gasteiger partial charge in [-0.3, -0.25) is 14.3 Å². The molecule has 1 aliphatic rings. The van der Waals surface area contributed by atoms with Crippen molar-refractivity contribution in [2.45, 2.75) is 52.5 Å². The molecule has 9 heteroatoms. The normalized spacial score (nSPS) is 19.2. The number of carbonyl (C=O) groups excluding carboxylic acids is 2. The van der Waals surface area contributed by atoms with Gasteiger partial charge in [-0.05, 0) is 68.3 Å². The molecule has 4 rings (SSSR count). The zero-order valence-electron chi connectivity index (χ0n) is 19.5. The Kier molecular flexibility index (Phi) is 6.88. The van der Waals surface area contributed by atoms with Crippen molar-refractivity contribution in [2.75, 3.05) is 5.32 Å². The van der Waals surface area contributed by atoms with Crippen LogP contribution < -0.4 is 10.6 Å². The third-order valence-corrected chi connectivity index (χ3v) is 7.33. The molecule has 8 nitrogen and oxygen atoms in total. The molecule has 3 heterocycles. The second-order valence-corrected chi connectivity index (χ2v) is 9.91. The maximum Gasteiger partial charge on any atom is 0.270 e. The van der Waals surface area contributed by atoms with Crippen molar-refractivity contribution < 1.29 is 9.59 Å². The zero-order valence-corrected chi connectivity index (χ0v) is 20.3. The van der Waals surface area contributed by atoms with Gasteiger partial charge in [-0.2, -0.15) is 9.47 Å². The van der Waals surface area contributed by atoms with E-state index in [0.717, 1.165) is 47.4 Å². The fourth-order valence-corrected chi connectivity index (χ4v) is 5.27. The van der Waals surface area contributed by atoms with E-state index in [4.69, 9.17) is 0 Å². The van der Waals surface area contributed by atoms with Gasteiger partial charge in [-0.1, -0.05) is 19.8 Å². The first-order chi connectivity index (χ1) is 15.8. The van der Waals surface area contributed by atoms with Crippen LogP contribution in [0.2, 0.25) is 0 Å². The molecule has 2 amide bonds. The average molecular weight is 467 g/mol. The molecule has 3 aromatic rings. The Bertz CT molecular complexity index is 1110. The van der Waals surface area contributed by atoms with Crippen LogP contribution in [0.3, 0.4) is 0 Å². The van der Waals surface area contributed by atoms with Crippen molar-refractivity contribution in [3.05, 3.63) is 46.9 Å². The first kappa shape index (κ1) is 23.1. The molecule has 1 saturated carbocycles. The maximum absolute atomic E-state index is 13.3. The molecule has 3 aromatic heterocycles. The van der Waals surface area contributed by atoms with Gasteiger partial charge in [0, 0.05) is 35.4 Å². The van der Waals surface area contributed by atoms with Gasteiger partial charge in [-0.15, -0.1) is 0 Å². The fraction of sp³-hybridized carbons (Fsp3) is 0.458. The summed E-state index contributed by atoms with van der Waals surface area (Å²) in [5, 5.41) is 9.95. The number of rotatable bonds is 6. The predicted molar refractivity (Wildman–Crippen MR) is 129 cm³/mol. The quantitative estimate of drug-likeness (QED) is 0.569. The summed E-state index contributed by atoms with van der Waals surface area (Å²) in [6.45, 7) is 6.25. The van der Waals surface area contributed by atoms with Gasteiger partial charge in [0.2, 0.25) is 5.91 Å². The third kappa shape index (κ3) is 5.13. The summed E-state index contributed by atoms with van der Waals surface area (Å²) in [7, 11) is 1.71. The molecular formula is C24H30N6O2S. The largest absolute Gasteiger partial charge is 0.339 e. The Labute approximate surface area is 198 Å². The number of amides is 2. The Balaban J connectivity index is 1.51. The third-order valence-electron chi connectivity index (χ3n) is 6.49. The highest BCUT2D eigenvalue weighted by molar-refractivity contribution is 7.06. The minimum Gasteiger partial charge on any atom is -0.339 e. The van der Waals surface area contributed by atoms with E-state index in [-0.39, 0.29) is 17.7 Å². The van der Waals surface area contributed by atoms with Crippen LogP contribution in [0.4, 0.5) is 5.82 Å². The minimum atomic E-state index is -0.632. The van der Waals surface area contributed by atoms with E-state index in [1.165, 1.54) is 16.2 Å². The standard InChI is InChI=1S/C24H30N6O2S/c1-14-5-7-17(8-6-14)22(28-23(31)19-11-12-26-30(19)4)24(32)27-20-10-9-18(13-25-20)21-15(2)29-33-16(21)3/h9-14,17,22H,5-8H2,1-4H3,(H,28,31)(H,25,27,32)/t14-,17-,22-/m0/s1. The average Bonchev–Trinajstić information content (AvgIpc) is 3.38. The lowest BCUT2D eigenvalue weighted by Gasteiger charge is -2.32. The summed E-state index contributed by atoms with van der Waals surface area (Å²) in [5.74, 6) is 0.652. The molecule has 33 heavy (non-hydrogen) atoms. The fourth-order valence-electron chi connectivity index (χ4n) is 4.54. The molecule has 1 fully saturated rings. The topological polar surface area (TPSA) is 102 Å². The first-order valence-electron chi connectivity index (χ1n) is 11.3. The number of hydrogen-bond acceptors (Lipinski definition) is 6. The highest BCUT2D eigenvalue weighted by Crippen LogP contribution is 2.32. The zero-order chi connectivity index (χ0) is 23.5. The SMILES string of the molecule is Cc1nsc(C)c1-c1ccc(NC(=O)[C@@H](NC(=O)c2ccnn2C)[C@H]2CC[C@H](C)CC2)nc1. The van der Waals surface area contributed by atoms with E-state index in [0.29, 0.717) is 17.4 Å². The number of anilines is 1. The van der Waals surface area contributed by atoms with Crippen LogP contribution in [-0.4, -0.2) is 37.0 Å². The summed E-state index contributed by atoms with van der Waals surface area (Å²) >= 11 is 1.47. The molecule has 0 aromatic carbocycles. The van der Waals surface area contributed by atoms with Crippen molar-refractivity contribution in [1.82, 2.24) is 24.5 Å². The number of nitrogens with one attached hydrogen (secondary N) is 2. The second-order valence-electron chi connectivity index (χ2n) is 8.93. The molecular weight excluding hydrogens is 436 g/mol. The van der Waals surface area contributed by atoms with E-state index in [9.17, 15) is 9.59 Å². The second kappa shape index (κ2) is 9.82. The van der Waals surface area contributed by atoms with Gasteiger partial charge in [0.15, 0.2) is 0 Å². The van der Waals surface area contributed by atoms with Crippen LogP contribution in [0, 0.1) is 25.7 Å². The predicted octanol–water partition coefficient (Wildman–Crippen LogP) is 4.12. The molecule has 0 saturated heterocycles. The lowest BCUT2D eigenvalue weighted by Crippen LogP contribution is -2.49. The van der Waals surface area contributed by atoms with Crippen LogP contribution in [-0.2, 0) is 11.8 Å². The van der Waals surface area contributed by atoms with Gasteiger partial charge in [0.05, 0.1) is 5.69 Å². The Morgan fingerprint density at radius 2 is 1.91 bits per heavy atom. The summed E-state index contributed by atoms with van der Waals surface area (Å²) in [6.07, 6.45) is 7.24. The number of aryl methyl sites for hydroxylation is 3. The molecule has 174 valence electrons. The molecule has 0 aliphatic heterocycles. The van der Waals surface area contributed by atoms with Gasteiger partial charge in [0.25, 0.3) is 5.91 Å². The van der Waals surface area contributed by atoms with Crippen molar-refractivity contribution in [3.63, 3.8) is 0 Å². The Hall–Kier alpha value is -3.07. The number of aromatic nitrogens is 4. The van der Waals surface area contributed by atoms with Crippen molar-refractivity contribution in [2.24, 2.45) is 18.9 Å². The molecule has 0 spiro atoms. The van der Waals surface area contributed by atoms with E-state index in [1.807, 2.05) is 19.9 Å². The molecule has 0 radical (unpaired) electrons. The van der Waals surface area contributed by atoms with Crippen LogP contribution in [0.15, 0.2) is 30.6 Å². The number of nitrogens with zero attached hydrogens (tertiary/aromatic N) is 4. The van der Waals surface area contributed by atoms with Crippen LogP contribution in [0.25, 0.3) is 11.1 Å². The Morgan fingerprint density at radius 3 is 2.48 bits per heavy atom.